The summed E-state index contributed by atoms with van der Waals surface area (Å²) in [7, 11) is 0. The molecule has 1 aromatic carbocycles. The molecule has 0 aliphatic carbocycles. The maximum absolute atomic E-state index is 12.9. The Morgan fingerprint density at radius 3 is 2.57 bits per heavy atom. The van der Waals surface area contributed by atoms with Crippen molar-refractivity contribution in [2.75, 3.05) is 5.32 Å². The first kappa shape index (κ1) is 15.0. The minimum atomic E-state index is -4.65. The number of carbonyl (C=O) groups excluding carboxylic acids is 1. The fourth-order valence-electron chi connectivity index (χ4n) is 1.60. The Hall–Kier alpha value is -2.42. The molecule has 0 saturated carbocycles. The van der Waals surface area contributed by atoms with Gasteiger partial charge in [-0.2, -0.15) is 13.2 Å². The van der Waals surface area contributed by atoms with Gasteiger partial charge in [0.15, 0.2) is 5.69 Å². The quantitative estimate of drug-likeness (QED) is 0.851. The molecule has 1 aromatic heterocycles. The monoisotopic (exact) mass is 315 g/mol. The fourth-order valence-corrected chi connectivity index (χ4v) is 1.77. The smallest absolute Gasteiger partial charge is 0.389 e. The lowest BCUT2D eigenvalue weighted by Gasteiger charge is -2.14. The Morgan fingerprint density at radius 1 is 1.33 bits per heavy atom. The minimum absolute atomic E-state index is 0.0537. The van der Waals surface area contributed by atoms with E-state index in [-0.39, 0.29) is 21.9 Å². The fraction of sp³-hybridized carbons (Fsp3) is 0.0833. The van der Waals surface area contributed by atoms with E-state index in [0.29, 0.717) is 0 Å². The molecule has 3 N–H and O–H groups in total. The number of anilines is 1. The molecular weight excluding hydrogens is 307 g/mol. The van der Waals surface area contributed by atoms with Crippen molar-refractivity contribution in [3.63, 3.8) is 0 Å². The van der Waals surface area contributed by atoms with Crippen LogP contribution in [0.1, 0.15) is 21.6 Å². The lowest BCUT2D eigenvalue weighted by molar-refractivity contribution is -0.137. The van der Waals surface area contributed by atoms with Crippen molar-refractivity contribution in [1.29, 1.82) is 0 Å². The number of carbonyl (C=O) groups is 1. The highest BCUT2D eigenvalue weighted by molar-refractivity contribution is 7.80. The standard InChI is InChI=1S/C12H8F3N3O2S/c13-12(14,15)8-5-6(1-2-7(8)10(16)21)17-11(19)9-3-4-20-18-9/h1-5H,(H2,16,21)(H,17,19). The molecule has 2 aromatic rings. The number of aromatic nitrogens is 1. The van der Waals surface area contributed by atoms with Gasteiger partial charge in [0.2, 0.25) is 0 Å². The second-order valence-corrected chi connectivity index (χ2v) is 4.40. The van der Waals surface area contributed by atoms with Crippen LogP contribution in [0.5, 0.6) is 0 Å². The number of nitrogens with two attached hydrogens (primary N) is 1. The second-order valence-electron chi connectivity index (χ2n) is 3.96. The van der Waals surface area contributed by atoms with Crippen LogP contribution in [0.25, 0.3) is 0 Å². The molecule has 0 spiro atoms. The van der Waals surface area contributed by atoms with Gasteiger partial charge in [0.05, 0.1) is 5.56 Å². The Bertz CT molecular complexity index is 684. The van der Waals surface area contributed by atoms with Crippen LogP contribution in [0.3, 0.4) is 0 Å². The maximum Gasteiger partial charge on any atom is 0.417 e. The van der Waals surface area contributed by atoms with Crippen molar-refractivity contribution < 1.29 is 22.5 Å². The van der Waals surface area contributed by atoms with Crippen LogP contribution >= 0.6 is 12.2 Å². The largest absolute Gasteiger partial charge is 0.417 e. The maximum atomic E-state index is 12.9. The van der Waals surface area contributed by atoms with Gasteiger partial charge in [-0.1, -0.05) is 17.4 Å². The predicted octanol–water partition coefficient (Wildman–Crippen LogP) is 2.58. The molecule has 0 unspecified atom stereocenters. The summed E-state index contributed by atoms with van der Waals surface area (Å²) in [5.74, 6) is -0.694. The van der Waals surface area contributed by atoms with E-state index >= 15 is 0 Å². The summed E-state index contributed by atoms with van der Waals surface area (Å²) in [6.07, 6.45) is -3.47. The van der Waals surface area contributed by atoms with E-state index in [4.69, 9.17) is 5.73 Å². The summed E-state index contributed by atoms with van der Waals surface area (Å²) < 4.78 is 43.3. The summed E-state index contributed by atoms with van der Waals surface area (Å²) in [6.45, 7) is 0. The Kier molecular flexibility index (Phi) is 3.94. The van der Waals surface area contributed by atoms with Crippen LogP contribution in [-0.4, -0.2) is 16.1 Å². The number of nitrogens with one attached hydrogen (secondary N) is 1. The van der Waals surface area contributed by atoms with Crippen LogP contribution in [0, 0.1) is 0 Å². The van der Waals surface area contributed by atoms with Gasteiger partial charge < -0.3 is 15.6 Å². The molecule has 1 heterocycles. The van der Waals surface area contributed by atoms with Crippen LogP contribution in [0.4, 0.5) is 18.9 Å². The second kappa shape index (κ2) is 5.52. The van der Waals surface area contributed by atoms with Gasteiger partial charge in [0.1, 0.15) is 11.3 Å². The third-order valence-corrected chi connectivity index (χ3v) is 2.74. The third kappa shape index (κ3) is 3.37. The highest BCUT2D eigenvalue weighted by Gasteiger charge is 2.34. The van der Waals surface area contributed by atoms with E-state index in [0.717, 1.165) is 12.1 Å². The molecule has 0 bridgehead atoms. The van der Waals surface area contributed by atoms with Crippen molar-refractivity contribution in [1.82, 2.24) is 5.16 Å². The molecule has 21 heavy (non-hydrogen) atoms. The van der Waals surface area contributed by atoms with Gasteiger partial charge in [0.25, 0.3) is 5.91 Å². The average molecular weight is 315 g/mol. The first-order valence-corrected chi connectivity index (χ1v) is 5.92. The van der Waals surface area contributed by atoms with E-state index in [2.05, 4.69) is 27.2 Å². The summed E-state index contributed by atoms with van der Waals surface area (Å²) >= 11 is 4.58. The first-order chi connectivity index (χ1) is 9.79. The van der Waals surface area contributed by atoms with Crippen molar-refractivity contribution in [3.05, 3.63) is 47.3 Å². The summed E-state index contributed by atoms with van der Waals surface area (Å²) in [6, 6.07) is 4.40. The number of halogens is 3. The molecule has 0 fully saturated rings. The van der Waals surface area contributed by atoms with E-state index in [1.165, 1.54) is 18.4 Å². The van der Waals surface area contributed by atoms with Crippen molar-refractivity contribution in [3.8, 4) is 0 Å². The normalized spacial score (nSPS) is 11.2. The molecule has 0 atom stereocenters. The average Bonchev–Trinajstić information content (AvgIpc) is 2.91. The zero-order chi connectivity index (χ0) is 15.6. The topological polar surface area (TPSA) is 81.1 Å². The number of hydrogen-bond acceptors (Lipinski definition) is 4. The number of rotatable bonds is 3. The van der Waals surface area contributed by atoms with Gasteiger partial charge in [-0.25, -0.2) is 0 Å². The number of hydrogen-bond donors (Lipinski definition) is 2. The van der Waals surface area contributed by atoms with Crippen LogP contribution in [0.15, 0.2) is 35.1 Å². The van der Waals surface area contributed by atoms with Crippen LogP contribution in [-0.2, 0) is 6.18 Å². The highest BCUT2D eigenvalue weighted by Crippen LogP contribution is 2.33. The lowest BCUT2D eigenvalue weighted by atomic mass is 10.1. The molecule has 0 aliphatic rings. The molecule has 5 nitrogen and oxygen atoms in total. The Morgan fingerprint density at radius 2 is 2.05 bits per heavy atom. The molecule has 0 aliphatic heterocycles. The summed E-state index contributed by atoms with van der Waals surface area (Å²) in [5.41, 5.74) is 3.82. The van der Waals surface area contributed by atoms with Crippen molar-refractivity contribution >= 4 is 28.8 Å². The number of benzene rings is 1. The Labute approximate surface area is 121 Å². The summed E-state index contributed by atoms with van der Waals surface area (Å²) in [4.78, 5) is 11.3. The molecule has 110 valence electrons. The molecule has 1 amide bonds. The van der Waals surface area contributed by atoms with Gasteiger partial charge in [-0.15, -0.1) is 0 Å². The first-order valence-electron chi connectivity index (χ1n) is 5.52. The molecule has 9 heteroatoms. The van der Waals surface area contributed by atoms with Gasteiger partial charge in [0, 0.05) is 17.3 Å². The molecular formula is C12H8F3N3O2S. The predicted molar refractivity (Wildman–Crippen MR) is 71.8 cm³/mol. The van der Waals surface area contributed by atoms with E-state index in [1.807, 2.05) is 0 Å². The Balaban J connectivity index is 2.34. The highest BCUT2D eigenvalue weighted by atomic mass is 32.1. The zero-order valence-electron chi connectivity index (χ0n) is 10.3. The van der Waals surface area contributed by atoms with E-state index in [1.54, 1.807) is 0 Å². The number of nitrogens with zero attached hydrogens (tertiary/aromatic N) is 1. The minimum Gasteiger partial charge on any atom is -0.389 e. The van der Waals surface area contributed by atoms with Crippen molar-refractivity contribution in [2.45, 2.75) is 6.18 Å². The van der Waals surface area contributed by atoms with Crippen LogP contribution < -0.4 is 11.1 Å². The number of alkyl halides is 3. The molecule has 0 saturated heterocycles. The van der Waals surface area contributed by atoms with Gasteiger partial charge in [-0.05, 0) is 18.2 Å². The van der Waals surface area contributed by atoms with E-state index < -0.39 is 17.6 Å². The lowest BCUT2D eigenvalue weighted by Crippen LogP contribution is -2.19. The summed E-state index contributed by atoms with van der Waals surface area (Å²) in [5, 5.41) is 5.66. The number of thiocarbonyl (C=S) groups is 1. The van der Waals surface area contributed by atoms with Gasteiger partial charge >= 0.3 is 6.18 Å². The van der Waals surface area contributed by atoms with Crippen molar-refractivity contribution in [2.24, 2.45) is 5.73 Å². The van der Waals surface area contributed by atoms with Gasteiger partial charge in [-0.3, -0.25) is 4.79 Å². The molecule has 0 radical (unpaired) electrons. The molecule has 2 rings (SSSR count). The van der Waals surface area contributed by atoms with E-state index in [9.17, 15) is 18.0 Å². The SMILES string of the molecule is NC(=S)c1ccc(NC(=O)c2ccon2)cc1C(F)(F)F. The zero-order valence-corrected chi connectivity index (χ0v) is 11.1. The van der Waals surface area contributed by atoms with Crippen LogP contribution in [0.2, 0.25) is 0 Å². The number of amides is 1. The third-order valence-electron chi connectivity index (χ3n) is 2.52.